The molecule has 0 heterocycles. The fourth-order valence-electron chi connectivity index (χ4n) is 1.18. The summed E-state index contributed by atoms with van der Waals surface area (Å²) in [6.07, 6.45) is 0.811. The normalized spacial score (nSPS) is 11.2. The van der Waals surface area contributed by atoms with Crippen LogP contribution in [0.5, 0.6) is 0 Å². The number of rotatable bonds is 6. The molecule has 0 aromatic heterocycles. The quantitative estimate of drug-likeness (QED) is 0.822. The van der Waals surface area contributed by atoms with Crippen LogP contribution in [-0.4, -0.2) is 27.4 Å². The molecule has 1 aromatic carbocycles. The first-order valence-electron chi connectivity index (χ1n) is 5.47. The number of carbonyl (C=O) groups excluding carboxylic acids is 1. The summed E-state index contributed by atoms with van der Waals surface area (Å²) in [6.45, 7) is 2.21. The van der Waals surface area contributed by atoms with Gasteiger partial charge in [0.15, 0.2) is 0 Å². The Kier molecular flexibility index (Phi) is 5.77. The lowest BCUT2D eigenvalue weighted by Crippen LogP contribution is -2.37. The van der Waals surface area contributed by atoms with Crippen molar-refractivity contribution in [3.05, 3.63) is 28.7 Å². The SMILES string of the molecule is CCCNC(=O)CNS(=O)(=O)c1ccc(Br)cc1. The lowest BCUT2D eigenvalue weighted by Gasteiger charge is -2.07. The lowest BCUT2D eigenvalue weighted by molar-refractivity contribution is -0.119. The van der Waals surface area contributed by atoms with Crippen LogP contribution in [0, 0.1) is 0 Å². The van der Waals surface area contributed by atoms with E-state index in [1.165, 1.54) is 12.1 Å². The van der Waals surface area contributed by atoms with Crippen molar-refractivity contribution in [1.82, 2.24) is 10.0 Å². The van der Waals surface area contributed by atoms with Crippen LogP contribution in [0.25, 0.3) is 0 Å². The molecule has 0 saturated heterocycles. The molecule has 0 aliphatic heterocycles. The molecule has 0 aliphatic carbocycles. The number of hydrogen-bond donors (Lipinski definition) is 2. The maximum atomic E-state index is 11.8. The zero-order valence-corrected chi connectivity index (χ0v) is 12.3. The molecule has 0 radical (unpaired) electrons. The van der Waals surface area contributed by atoms with Gasteiger partial charge in [0.25, 0.3) is 0 Å². The number of sulfonamides is 1. The standard InChI is InChI=1S/C11H15BrN2O3S/c1-2-7-13-11(15)8-14-18(16,17)10-5-3-9(12)4-6-10/h3-6,14H,2,7-8H2,1H3,(H,13,15). The molecule has 2 N–H and O–H groups in total. The zero-order chi connectivity index (χ0) is 13.6. The van der Waals surface area contributed by atoms with Crippen LogP contribution in [0.2, 0.25) is 0 Å². The van der Waals surface area contributed by atoms with E-state index in [9.17, 15) is 13.2 Å². The van der Waals surface area contributed by atoms with Crippen molar-refractivity contribution in [3.8, 4) is 0 Å². The molecule has 100 valence electrons. The smallest absolute Gasteiger partial charge is 0.241 e. The number of nitrogens with one attached hydrogen (secondary N) is 2. The summed E-state index contributed by atoms with van der Waals surface area (Å²) in [5, 5.41) is 2.59. The fraction of sp³-hybridized carbons (Fsp3) is 0.364. The monoisotopic (exact) mass is 334 g/mol. The molecule has 5 nitrogen and oxygen atoms in total. The molecule has 7 heteroatoms. The van der Waals surface area contributed by atoms with E-state index in [1.807, 2.05) is 6.92 Å². The average molecular weight is 335 g/mol. The van der Waals surface area contributed by atoms with Gasteiger partial charge in [-0.3, -0.25) is 4.79 Å². The van der Waals surface area contributed by atoms with Crippen molar-refractivity contribution in [2.45, 2.75) is 18.2 Å². The molecule has 1 aromatic rings. The summed E-state index contributed by atoms with van der Waals surface area (Å²) in [6, 6.07) is 6.20. The molecular weight excluding hydrogens is 320 g/mol. The molecule has 18 heavy (non-hydrogen) atoms. The molecule has 0 unspecified atom stereocenters. The van der Waals surface area contributed by atoms with Gasteiger partial charge in [0, 0.05) is 11.0 Å². The summed E-state index contributed by atoms with van der Waals surface area (Å²) >= 11 is 3.22. The summed E-state index contributed by atoms with van der Waals surface area (Å²) in [4.78, 5) is 11.4. The van der Waals surface area contributed by atoms with Crippen LogP contribution in [0.1, 0.15) is 13.3 Å². The highest BCUT2D eigenvalue weighted by Crippen LogP contribution is 2.14. The molecule has 0 fully saturated rings. The number of halogens is 1. The number of benzene rings is 1. The zero-order valence-electron chi connectivity index (χ0n) is 9.94. The first-order chi connectivity index (χ1) is 8.45. The predicted molar refractivity (Wildman–Crippen MR) is 72.6 cm³/mol. The third-order valence-electron chi connectivity index (χ3n) is 2.12. The van der Waals surface area contributed by atoms with Crippen LogP contribution >= 0.6 is 15.9 Å². The van der Waals surface area contributed by atoms with E-state index in [1.54, 1.807) is 12.1 Å². The molecule has 0 saturated carbocycles. The van der Waals surface area contributed by atoms with Gasteiger partial charge >= 0.3 is 0 Å². The summed E-state index contributed by atoms with van der Waals surface area (Å²) in [5.74, 6) is -0.336. The van der Waals surface area contributed by atoms with Gasteiger partial charge in [0.2, 0.25) is 15.9 Å². The van der Waals surface area contributed by atoms with E-state index in [0.717, 1.165) is 10.9 Å². The van der Waals surface area contributed by atoms with Gasteiger partial charge in [-0.05, 0) is 30.7 Å². The van der Waals surface area contributed by atoms with Gasteiger partial charge in [0.1, 0.15) is 0 Å². The van der Waals surface area contributed by atoms with Crippen LogP contribution in [-0.2, 0) is 14.8 Å². The largest absolute Gasteiger partial charge is 0.355 e. The van der Waals surface area contributed by atoms with Crippen molar-refractivity contribution in [1.29, 1.82) is 0 Å². The van der Waals surface area contributed by atoms with E-state index in [4.69, 9.17) is 0 Å². The Morgan fingerprint density at radius 2 is 1.89 bits per heavy atom. The number of amides is 1. The number of carbonyl (C=O) groups is 1. The third-order valence-corrected chi connectivity index (χ3v) is 4.06. The predicted octanol–water partition coefficient (Wildman–Crippen LogP) is 1.25. The minimum atomic E-state index is -3.63. The van der Waals surface area contributed by atoms with Crippen molar-refractivity contribution in [3.63, 3.8) is 0 Å². The third kappa shape index (κ3) is 4.75. The molecule has 0 bridgehead atoms. The van der Waals surface area contributed by atoms with Crippen molar-refractivity contribution in [2.75, 3.05) is 13.1 Å². The number of hydrogen-bond acceptors (Lipinski definition) is 3. The Balaban J connectivity index is 2.60. The fourth-order valence-corrected chi connectivity index (χ4v) is 2.43. The van der Waals surface area contributed by atoms with Gasteiger partial charge in [-0.15, -0.1) is 0 Å². The molecule has 1 amide bonds. The lowest BCUT2D eigenvalue weighted by atomic mass is 10.4. The highest BCUT2D eigenvalue weighted by molar-refractivity contribution is 9.10. The second kappa shape index (κ2) is 6.86. The van der Waals surface area contributed by atoms with E-state index in [0.29, 0.717) is 6.54 Å². The first kappa shape index (κ1) is 15.1. The minimum Gasteiger partial charge on any atom is -0.355 e. The van der Waals surface area contributed by atoms with Crippen molar-refractivity contribution in [2.24, 2.45) is 0 Å². The molecule has 0 aliphatic rings. The topological polar surface area (TPSA) is 75.3 Å². The van der Waals surface area contributed by atoms with Gasteiger partial charge < -0.3 is 5.32 Å². The van der Waals surface area contributed by atoms with Crippen LogP contribution in [0.15, 0.2) is 33.6 Å². The average Bonchev–Trinajstić information content (AvgIpc) is 2.34. The highest BCUT2D eigenvalue weighted by Gasteiger charge is 2.14. The maximum Gasteiger partial charge on any atom is 0.241 e. The van der Waals surface area contributed by atoms with E-state index in [2.05, 4.69) is 26.0 Å². The van der Waals surface area contributed by atoms with Crippen LogP contribution < -0.4 is 10.0 Å². The van der Waals surface area contributed by atoms with Gasteiger partial charge in [0.05, 0.1) is 11.4 Å². The Bertz CT molecular complexity index is 500. The minimum absolute atomic E-state index is 0.133. The maximum absolute atomic E-state index is 11.8. The van der Waals surface area contributed by atoms with Crippen LogP contribution in [0.4, 0.5) is 0 Å². The van der Waals surface area contributed by atoms with Gasteiger partial charge in [-0.1, -0.05) is 22.9 Å². The van der Waals surface area contributed by atoms with Crippen LogP contribution in [0.3, 0.4) is 0 Å². The first-order valence-corrected chi connectivity index (χ1v) is 7.75. The molecule has 0 spiro atoms. The highest BCUT2D eigenvalue weighted by atomic mass is 79.9. The Morgan fingerprint density at radius 3 is 2.44 bits per heavy atom. The van der Waals surface area contributed by atoms with Gasteiger partial charge in [-0.2, -0.15) is 0 Å². The molecule has 0 atom stereocenters. The Labute approximate surface area is 115 Å². The second-order valence-corrected chi connectivity index (χ2v) is 6.31. The summed E-state index contributed by atoms with van der Waals surface area (Å²) in [5.41, 5.74) is 0. The molecular formula is C11H15BrN2O3S. The second-order valence-electron chi connectivity index (χ2n) is 3.63. The van der Waals surface area contributed by atoms with Crippen molar-refractivity contribution < 1.29 is 13.2 Å². The Hall–Kier alpha value is -0.920. The van der Waals surface area contributed by atoms with E-state index < -0.39 is 10.0 Å². The van der Waals surface area contributed by atoms with E-state index >= 15 is 0 Å². The summed E-state index contributed by atoms with van der Waals surface area (Å²) < 4.78 is 26.7. The summed E-state index contributed by atoms with van der Waals surface area (Å²) in [7, 11) is -3.63. The Morgan fingerprint density at radius 1 is 1.28 bits per heavy atom. The van der Waals surface area contributed by atoms with E-state index in [-0.39, 0.29) is 17.3 Å². The van der Waals surface area contributed by atoms with Gasteiger partial charge in [-0.25, -0.2) is 13.1 Å². The van der Waals surface area contributed by atoms with Crippen molar-refractivity contribution >= 4 is 31.9 Å². The molecule has 1 rings (SSSR count).